The summed E-state index contributed by atoms with van der Waals surface area (Å²) < 4.78 is 10.5. The molecule has 0 fully saturated rings. The molecular formula is C10H14N2O4S. The average molecular weight is 258 g/mol. The predicted molar refractivity (Wildman–Crippen MR) is 60.5 cm³/mol. The van der Waals surface area contributed by atoms with Crippen LogP contribution in [0.1, 0.15) is 23.7 Å². The maximum absolute atomic E-state index is 10.0. The SMILES string of the molecule is CO[C@H]1O[C@H](CO)[C@@H](O)c2nc(SC)ncc21. The third-order valence-corrected chi connectivity index (χ3v) is 3.15. The van der Waals surface area contributed by atoms with E-state index >= 15 is 0 Å². The fourth-order valence-corrected chi connectivity index (χ4v) is 2.06. The monoisotopic (exact) mass is 258 g/mol. The van der Waals surface area contributed by atoms with Crippen molar-refractivity contribution < 1.29 is 19.7 Å². The van der Waals surface area contributed by atoms with Gasteiger partial charge in [0, 0.05) is 13.3 Å². The van der Waals surface area contributed by atoms with Gasteiger partial charge in [-0.2, -0.15) is 0 Å². The summed E-state index contributed by atoms with van der Waals surface area (Å²) in [5.74, 6) is 0. The molecule has 1 aromatic rings. The number of aliphatic hydroxyl groups is 2. The van der Waals surface area contributed by atoms with Gasteiger partial charge >= 0.3 is 0 Å². The van der Waals surface area contributed by atoms with Gasteiger partial charge in [-0.05, 0) is 6.26 Å². The summed E-state index contributed by atoms with van der Waals surface area (Å²) in [6.07, 6.45) is 1.10. The molecule has 2 heterocycles. The number of nitrogens with zero attached hydrogens (tertiary/aromatic N) is 2. The third-order valence-electron chi connectivity index (χ3n) is 2.59. The van der Waals surface area contributed by atoms with E-state index in [0.29, 0.717) is 16.4 Å². The minimum Gasteiger partial charge on any atom is -0.394 e. The second kappa shape index (κ2) is 5.28. The Labute approximate surface area is 103 Å². The zero-order valence-electron chi connectivity index (χ0n) is 9.53. The second-order valence-electron chi connectivity index (χ2n) is 3.57. The summed E-state index contributed by atoms with van der Waals surface area (Å²) in [5, 5.41) is 19.7. The molecular weight excluding hydrogens is 244 g/mol. The largest absolute Gasteiger partial charge is 0.394 e. The number of methoxy groups -OCH3 is 1. The Morgan fingerprint density at radius 2 is 2.35 bits per heavy atom. The van der Waals surface area contributed by atoms with E-state index in [1.165, 1.54) is 18.9 Å². The molecule has 7 heteroatoms. The van der Waals surface area contributed by atoms with Crippen molar-refractivity contribution in [2.75, 3.05) is 20.0 Å². The molecule has 2 N–H and O–H groups in total. The lowest BCUT2D eigenvalue weighted by molar-refractivity contribution is -0.209. The summed E-state index contributed by atoms with van der Waals surface area (Å²) >= 11 is 1.38. The molecule has 2 rings (SSSR count). The minimum atomic E-state index is -0.963. The van der Waals surface area contributed by atoms with Gasteiger partial charge in [0.1, 0.15) is 12.2 Å². The smallest absolute Gasteiger partial charge is 0.187 e. The quantitative estimate of drug-likeness (QED) is 0.594. The number of fused-ring (bicyclic) bond motifs is 1. The molecule has 0 saturated heterocycles. The van der Waals surface area contributed by atoms with E-state index < -0.39 is 18.5 Å². The lowest BCUT2D eigenvalue weighted by atomic mass is 10.0. The molecule has 1 aromatic heterocycles. The molecule has 17 heavy (non-hydrogen) atoms. The first-order valence-corrected chi connectivity index (χ1v) is 6.31. The van der Waals surface area contributed by atoms with Crippen LogP contribution in [0, 0.1) is 0 Å². The molecule has 6 nitrogen and oxygen atoms in total. The van der Waals surface area contributed by atoms with Crippen molar-refractivity contribution >= 4 is 11.8 Å². The van der Waals surface area contributed by atoms with Crippen molar-refractivity contribution in [2.24, 2.45) is 0 Å². The number of ether oxygens (including phenoxy) is 2. The van der Waals surface area contributed by atoms with Crippen LogP contribution in [0.4, 0.5) is 0 Å². The van der Waals surface area contributed by atoms with Crippen LogP contribution in [0.5, 0.6) is 0 Å². The minimum absolute atomic E-state index is 0.293. The Kier molecular flexibility index (Phi) is 3.95. The standard InChI is InChI=1S/C10H14N2O4S/c1-15-9-5-3-11-10(17-2)12-7(5)8(14)6(4-13)16-9/h3,6,8-9,13-14H,4H2,1-2H3/t6-,8-,9+/m1/s1. The van der Waals surface area contributed by atoms with Crippen molar-refractivity contribution in [1.82, 2.24) is 9.97 Å². The van der Waals surface area contributed by atoms with Crippen molar-refractivity contribution in [3.05, 3.63) is 17.5 Å². The molecule has 0 spiro atoms. The number of aliphatic hydroxyl groups excluding tert-OH is 2. The first-order valence-electron chi connectivity index (χ1n) is 5.09. The van der Waals surface area contributed by atoms with Crippen LogP contribution in [0.2, 0.25) is 0 Å². The molecule has 3 atom stereocenters. The Morgan fingerprint density at radius 3 is 2.94 bits per heavy atom. The lowest BCUT2D eigenvalue weighted by Crippen LogP contribution is -2.35. The molecule has 0 unspecified atom stereocenters. The van der Waals surface area contributed by atoms with Crippen molar-refractivity contribution in [1.29, 1.82) is 0 Å². The van der Waals surface area contributed by atoms with E-state index in [9.17, 15) is 5.11 Å². The molecule has 0 bridgehead atoms. The summed E-state index contributed by atoms with van der Waals surface area (Å²) in [6, 6.07) is 0. The molecule has 0 aliphatic carbocycles. The van der Waals surface area contributed by atoms with E-state index in [4.69, 9.17) is 14.6 Å². The molecule has 0 amide bonds. The molecule has 0 saturated carbocycles. The van der Waals surface area contributed by atoms with Crippen LogP contribution in [0.15, 0.2) is 11.4 Å². The normalized spacial score (nSPS) is 27.9. The van der Waals surface area contributed by atoms with Crippen LogP contribution < -0.4 is 0 Å². The number of thioether (sulfide) groups is 1. The fourth-order valence-electron chi connectivity index (χ4n) is 1.71. The Morgan fingerprint density at radius 1 is 1.59 bits per heavy atom. The Bertz CT molecular complexity index is 404. The zero-order chi connectivity index (χ0) is 12.4. The first kappa shape index (κ1) is 12.7. The molecule has 0 radical (unpaired) electrons. The molecule has 94 valence electrons. The van der Waals surface area contributed by atoms with Crippen LogP contribution in [0.3, 0.4) is 0 Å². The van der Waals surface area contributed by atoms with Gasteiger partial charge in [0.2, 0.25) is 0 Å². The van der Waals surface area contributed by atoms with Gasteiger partial charge in [-0.15, -0.1) is 0 Å². The molecule has 0 aromatic carbocycles. The van der Waals surface area contributed by atoms with Crippen LogP contribution in [-0.4, -0.2) is 46.3 Å². The van der Waals surface area contributed by atoms with Crippen molar-refractivity contribution in [3.8, 4) is 0 Å². The van der Waals surface area contributed by atoms with Gasteiger partial charge in [-0.1, -0.05) is 11.8 Å². The molecule has 1 aliphatic heterocycles. The lowest BCUT2D eigenvalue weighted by Gasteiger charge is -2.33. The first-order chi connectivity index (χ1) is 8.21. The van der Waals surface area contributed by atoms with Crippen LogP contribution >= 0.6 is 11.8 Å². The van der Waals surface area contributed by atoms with Crippen molar-refractivity contribution in [2.45, 2.75) is 23.7 Å². The van der Waals surface area contributed by atoms with E-state index in [1.807, 2.05) is 6.26 Å². The fraction of sp³-hybridized carbons (Fsp3) is 0.600. The van der Waals surface area contributed by atoms with Gasteiger partial charge in [-0.25, -0.2) is 9.97 Å². The van der Waals surface area contributed by atoms with Gasteiger partial charge in [-0.3, -0.25) is 0 Å². The number of hydrogen-bond acceptors (Lipinski definition) is 7. The zero-order valence-corrected chi connectivity index (χ0v) is 10.3. The third kappa shape index (κ3) is 2.29. The van der Waals surface area contributed by atoms with Gasteiger partial charge in [0.25, 0.3) is 0 Å². The predicted octanol–water partition coefficient (Wildman–Crippen LogP) is 0.268. The maximum atomic E-state index is 10.0. The summed E-state index contributed by atoms with van der Waals surface area (Å²) in [4.78, 5) is 8.35. The van der Waals surface area contributed by atoms with Gasteiger partial charge in [0.15, 0.2) is 11.4 Å². The van der Waals surface area contributed by atoms with Crippen LogP contribution in [0.25, 0.3) is 0 Å². The van der Waals surface area contributed by atoms with E-state index in [1.54, 1.807) is 6.20 Å². The second-order valence-corrected chi connectivity index (χ2v) is 4.34. The maximum Gasteiger partial charge on any atom is 0.187 e. The average Bonchev–Trinajstić information content (AvgIpc) is 2.39. The van der Waals surface area contributed by atoms with Gasteiger partial charge in [0.05, 0.1) is 17.9 Å². The highest BCUT2D eigenvalue weighted by molar-refractivity contribution is 7.98. The number of hydrogen-bond donors (Lipinski definition) is 2. The Balaban J connectivity index is 2.43. The van der Waals surface area contributed by atoms with Gasteiger partial charge < -0.3 is 19.7 Å². The highest BCUT2D eigenvalue weighted by Gasteiger charge is 2.36. The number of rotatable bonds is 3. The van der Waals surface area contributed by atoms with Crippen LogP contribution in [-0.2, 0) is 9.47 Å². The van der Waals surface area contributed by atoms with Crippen molar-refractivity contribution in [3.63, 3.8) is 0 Å². The highest BCUT2D eigenvalue weighted by Crippen LogP contribution is 2.35. The number of aromatic nitrogens is 2. The Hall–Kier alpha value is -0.730. The summed E-state index contributed by atoms with van der Waals surface area (Å²) in [7, 11) is 1.49. The summed E-state index contributed by atoms with van der Waals surface area (Å²) in [5.41, 5.74) is 1.06. The van der Waals surface area contributed by atoms with E-state index in [0.717, 1.165) is 0 Å². The van der Waals surface area contributed by atoms with E-state index in [2.05, 4.69) is 9.97 Å². The topological polar surface area (TPSA) is 84.7 Å². The summed E-state index contributed by atoms with van der Waals surface area (Å²) in [6.45, 7) is -0.293. The van der Waals surface area contributed by atoms with E-state index in [-0.39, 0.29) is 6.61 Å². The highest BCUT2D eigenvalue weighted by atomic mass is 32.2. The molecule has 1 aliphatic rings.